The van der Waals surface area contributed by atoms with Crippen molar-refractivity contribution in [2.75, 3.05) is 13.1 Å². The van der Waals surface area contributed by atoms with E-state index in [0.717, 1.165) is 11.7 Å². The predicted octanol–water partition coefficient (Wildman–Crippen LogP) is 1.12. The predicted molar refractivity (Wildman–Crippen MR) is 110 cm³/mol. The molecule has 0 spiro atoms. The SMILES string of the molecule is CC(C)NC(=O)[C@@H](C)NC(=O)[C@@H]1CCCN(S(=O)(=O)c2cccc3nsnc23)C1. The van der Waals surface area contributed by atoms with Gasteiger partial charge in [-0.3, -0.25) is 9.59 Å². The van der Waals surface area contributed by atoms with Gasteiger partial charge in [0.25, 0.3) is 0 Å². The van der Waals surface area contributed by atoms with E-state index in [4.69, 9.17) is 0 Å². The van der Waals surface area contributed by atoms with Crippen LogP contribution in [-0.2, 0) is 19.6 Å². The molecule has 3 rings (SSSR count). The molecule has 2 atom stereocenters. The first-order valence-corrected chi connectivity index (χ1v) is 11.7. The Bertz CT molecular complexity index is 1000. The van der Waals surface area contributed by atoms with E-state index >= 15 is 0 Å². The molecule has 1 fully saturated rings. The fourth-order valence-electron chi connectivity index (χ4n) is 3.31. The molecule has 0 unspecified atom stereocenters. The van der Waals surface area contributed by atoms with Crippen LogP contribution < -0.4 is 10.6 Å². The normalized spacial score (nSPS) is 19.2. The van der Waals surface area contributed by atoms with Gasteiger partial charge in [-0.2, -0.15) is 13.1 Å². The molecule has 9 nitrogen and oxygen atoms in total. The van der Waals surface area contributed by atoms with Gasteiger partial charge in [0.15, 0.2) is 0 Å². The van der Waals surface area contributed by atoms with Gasteiger partial charge >= 0.3 is 0 Å². The van der Waals surface area contributed by atoms with Crippen molar-refractivity contribution in [1.29, 1.82) is 0 Å². The fraction of sp³-hybridized carbons (Fsp3) is 0.556. The van der Waals surface area contributed by atoms with Crippen molar-refractivity contribution < 1.29 is 18.0 Å². The van der Waals surface area contributed by atoms with Gasteiger partial charge in [0, 0.05) is 19.1 Å². The maximum atomic E-state index is 13.2. The molecule has 1 aliphatic rings. The number of carbonyl (C=O) groups is 2. The highest BCUT2D eigenvalue weighted by Crippen LogP contribution is 2.28. The van der Waals surface area contributed by atoms with Gasteiger partial charge in [0.05, 0.1) is 17.6 Å². The fourth-order valence-corrected chi connectivity index (χ4v) is 5.59. The maximum absolute atomic E-state index is 13.2. The lowest BCUT2D eigenvalue weighted by atomic mass is 9.98. The molecule has 2 amide bonds. The lowest BCUT2D eigenvalue weighted by molar-refractivity contribution is -0.131. The number of carbonyl (C=O) groups excluding carboxylic acids is 2. The number of benzene rings is 1. The third-order valence-electron chi connectivity index (χ3n) is 4.80. The Morgan fingerprint density at radius 2 is 1.97 bits per heavy atom. The third kappa shape index (κ3) is 4.73. The molecule has 0 radical (unpaired) electrons. The van der Waals surface area contributed by atoms with Gasteiger partial charge in [0.2, 0.25) is 21.8 Å². The number of amides is 2. The van der Waals surface area contributed by atoms with Crippen LogP contribution in [0.4, 0.5) is 0 Å². The summed E-state index contributed by atoms with van der Waals surface area (Å²) in [5.74, 6) is -1.10. The average Bonchev–Trinajstić information content (AvgIpc) is 3.16. The minimum atomic E-state index is -3.81. The molecule has 1 aliphatic heterocycles. The molecule has 2 heterocycles. The van der Waals surface area contributed by atoms with Crippen LogP contribution in [0.3, 0.4) is 0 Å². The number of piperidine rings is 1. The van der Waals surface area contributed by atoms with E-state index in [9.17, 15) is 18.0 Å². The summed E-state index contributed by atoms with van der Waals surface area (Å²) in [6.07, 6.45) is 1.13. The summed E-state index contributed by atoms with van der Waals surface area (Å²) < 4.78 is 35.9. The number of hydrogen-bond acceptors (Lipinski definition) is 7. The van der Waals surface area contributed by atoms with E-state index in [0.29, 0.717) is 30.4 Å². The molecule has 2 N–H and O–H groups in total. The van der Waals surface area contributed by atoms with Crippen LogP contribution >= 0.6 is 11.7 Å². The molecule has 1 aromatic carbocycles. The van der Waals surface area contributed by atoms with E-state index in [-0.39, 0.29) is 29.3 Å². The second-order valence-corrected chi connectivity index (χ2v) is 9.92. The quantitative estimate of drug-likeness (QED) is 0.696. The number of rotatable bonds is 6. The summed E-state index contributed by atoms with van der Waals surface area (Å²) in [7, 11) is -3.81. The van der Waals surface area contributed by atoms with Crippen molar-refractivity contribution in [3.63, 3.8) is 0 Å². The third-order valence-corrected chi connectivity index (χ3v) is 7.24. The largest absolute Gasteiger partial charge is 0.352 e. The molecule has 158 valence electrons. The number of nitrogens with one attached hydrogen (secondary N) is 2. The van der Waals surface area contributed by atoms with Gasteiger partial charge < -0.3 is 10.6 Å². The first-order chi connectivity index (χ1) is 13.7. The molecular weight excluding hydrogens is 414 g/mol. The zero-order chi connectivity index (χ0) is 21.2. The van der Waals surface area contributed by atoms with Crippen LogP contribution in [0.25, 0.3) is 11.0 Å². The molecule has 0 bridgehead atoms. The summed E-state index contributed by atoms with van der Waals surface area (Å²) in [5.41, 5.74) is 0.885. The van der Waals surface area contributed by atoms with E-state index < -0.39 is 22.0 Å². The van der Waals surface area contributed by atoms with Crippen LogP contribution in [0, 0.1) is 5.92 Å². The summed E-state index contributed by atoms with van der Waals surface area (Å²) >= 11 is 0.964. The van der Waals surface area contributed by atoms with Gasteiger partial charge in [0.1, 0.15) is 22.0 Å². The monoisotopic (exact) mass is 439 g/mol. The summed E-state index contributed by atoms with van der Waals surface area (Å²) in [6.45, 7) is 5.70. The Labute approximate surface area is 174 Å². The van der Waals surface area contributed by atoms with E-state index in [1.807, 2.05) is 13.8 Å². The Morgan fingerprint density at radius 3 is 2.69 bits per heavy atom. The van der Waals surface area contributed by atoms with Crippen molar-refractivity contribution in [1.82, 2.24) is 23.7 Å². The lowest BCUT2D eigenvalue weighted by Gasteiger charge is -2.31. The molecule has 0 aliphatic carbocycles. The summed E-state index contributed by atoms with van der Waals surface area (Å²) in [5, 5.41) is 5.45. The molecule has 1 aromatic heterocycles. The number of fused-ring (bicyclic) bond motifs is 1. The van der Waals surface area contributed by atoms with Gasteiger partial charge in [-0.05, 0) is 45.7 Å². The molecule has 0 saturated carbocycles. The summed E-state index contributed by atoms with van der Waals surface area (Å²) in [6, 6.07) is 4.15. The minimum absolute atomic E-state index is 0.0277. The van der Waals surface area contributed by atoms with Gasteiger partial charge in [-0.25, -0.2) is 8.42 Å². The van der Waals surface area contributed by atoms with Crippen molar-refractivity contribution in [2.24, 2.45) is 5.92 Å². The first-order valence-electron chi connectivity index (χ1n) is 9.52. The second kappa shape index (κ2) is 8.72. The Kier molecular flexibility index (Phi) is 6.49. The standard InChI is InChI=1S/C18H25N5O4S2/c1-11(2)19-17(24)12(3)20-18(25)13-6-5-9-23(10-13)29(26,27)15-8-4-7-14-16(15)22-28-21-14/h4,7-8,11-13H,5-6,9-10H2,1-3H3,(H,19,24)(H,20,25)/t12-,13-/m1/s1. The van der Waals surface area contributed by atoms with E-state index in [2.05, 4.69) is 19.4 Å². The van der Waals surface area contributed by atoms with Crippen molar-refractivity contribution in [2.45, 2.75) is 50.6 Å². The lowest BCUT2D eigenvalue weighted by Crippen LogP contribution is -2.51. The van der Waals surface area contributed by atoms with Crippen LogP contribution in [-0.4, -0.2) is 58.5 Å². The molecular formula is C18H25N5O4S2. The Hall–Kier alpha value is -2.11. The Balaban J connectivity index is 1.72. The van der Waals surface area contributed by atoms with Crippen molar-refractivity contribution >= 4 is 44.6 Å². The average molecular weight is 440 g/mol. The van der Waals surface area contributed by atoms with Crippen LogP contribution in [0.5, 0.6) is 0 Å². The van der Waals surface area contributed by atoms with Crippen molar-refractivity contribution in [3.05, 3.63) is 18.2 Å². The Morgan fingerprint density at radius 1 is 1.21 bits per heavy atom. The number of aromatic nitrogens is 2. The first kappa shape index (κ1) is 21.6. The van der Waals surface area contributed by atoms with Crippen LogP contribution in [0.2, 0.25) is 0 Å². The number of hydrogen-bond donors (Lipinski definition) is 2. The highest BCUT2D eigenvalue weighted by atomic mass is 32.2. The molecule has 1 saturated heterocycles. The topological polar surface area (TPSA) is 121 Å². The minimum Gasteiger partial charge on any atom is -0.352 e. The number of nitrogens with zero attached hydrogens (tertiary/aromatic N) is 3. The van der Waals surface area contributed by atoms with Crippen LogP contribution in [0.15, 0.2) is 23.1 Å². The van der Waals surface area contributed by atoms with E-state index in [1.54, 1.807) is 19.1 Å². The zero-order valence-electron chi connectivity index (χ0n) is 16.6. The number of sulfonamides is 1. The van der Waals surface area contributed by atoms with E-state index in [1.165, 1.54) is 10.4 Å². The van der Waals surface area contributed by atoms with Crippen LogP contribution in [0.1, 0.15) is 33.6 Å². The van der Waals surface area contributed by atoms with Crippen molar-refractivity contribution in [3.8, 4) is 0 Å². The maximum Gasteiger partial charge on any atom is 0.245 e. The molecule has 2 aromatic rings. The highest BCUT2D eigenvalue weighted by Gasteiger charge is 2.35. The molecule has 29 heavy (non-hydrogen) atoms. The molecule has 11 heteroatoms. The van der Waals surface area contributed by atoms with Gasteiger partial charge in [-0.15, -0.1) is 0 Å². The van der Waals surface area contributed by atoms with Gasteiger partial charge in [-0.1, -0.05) is 6.07 Å². The smallest absolute Gasteiger partial charge is 0.245 e. The highest BCUT2D eigenvalue weighted by molar-refractivity contribution is 7.89. The summed E-state index contributed by atoms with van der Waals surface area (Å²) in [4.78, 5) is 24.8. The second-order valence-electron chi connectivity index (χ2n) is 7.48. The zero-order valence-corrected chi connectivity index (χ0v) is 18.2.